The number of piperazine rings is 2. The van der Waals surface area contributed by atoms with Gasteiger partial charge in [-0.25, -0.2) is 24.7 Å². The number of ether oxygens (including phenoxy) is 3. The molecule has 2 aliphatic carbocycles. The molecule has 3 N–H and O–H groups in total. The third-order valence-corrected chi connectivity index (χ3v) is 15.0. The fraction of sp³-hybridized carbons (Fsp3) is 0.509. The zero-order valence-electron chi connectivity index (χ0n) is 42.7. The second-order valence-electron chi connectivity index (χ2n) is 21.6. The minimum absolute atomic E-state index is 0.0711. The van der Waals surface area contributed by atoms with E-state index in [0.29, 0.717) is 64.2 Å². The summed E-state index contributed by atoms with van der Waals surface area (Å²) in [7, 11) is 0. The minimum Gasteiger partial charge on any atom is -0.488 e. The van der Waals surface area contributed by atoms with Crippen molar-refractivity contribution < 1.29 is 28.6 Å². The lowest BCUT2D eigenvalue weighted by Gasteiger charge is -2.36. The predicted octanol–water partition coefficient (Wildman–Crippen LogP) is 7.14. The summed E-state index contributed by atoms with van der Waals surface area (Å²) in [6.45, 7) is 17.6. The second kappa shape index (κ2) is 20.2. The Balaban J connectivity index is 0.000000160. The van der Waals surface area contributed by atoms with Crippen molar-refractivity contribution in [3.05, 3.63) is 73.6 Å². The number of rotatable bonds is 12. The Kier molecular flexibility index (Phi) is 13.3. The number of nitrogens with one attached hydrogen (secondary N) is 3. The van der Waals surface area contributed by atoms with E-state index in [2.05, 4.69) is 84.3 Å². The zero-order valence-corrected chi connectivity index (χ0v) is 42.7. The van der Waals surface area contributed by atoms with Gasteiger partial charge in [-0.2, -0.15) is 0 Å². The van der Waals surface area contributed by atoms with Crippen LogP contribution in [0.5, 0.6) is 11.5 Å². The molecule has 4 aliphatic heterocycles. The van der Waals surface area contributed by atoms with E-state index in [4.69, 9.17) is 34.1 Å². The van der Waals surface area contributed by atoms with Gasteiger partial charge in [0.25, 0.3) is 0 Å². The molecule has 0 bridgehead atoms. The summed E-state index contributed by atoms with van der Waals surface area (Å²) in [6, 6.07) is 17.8. The van der Waals surface area contributed by atoms with Crippen molar-refractivity contribution in [3.63, 3.8) is 0 Å². The van der Waals surface area contributed by atoms with Gasteiger partial charge in [-0.3, -0.25) is 9.59 Å². The number of aromatic nitrogens is 6. The van der Waals surface area contributed by atoms with Crippen LogP contribution in [0.1, 0.15) is 85.2 Å². The van der Waals surface area contributed by atoms with Gasteiger partial charge in [-0.1, -0.05) is 0 Å². The van der Waals surface area contributed by atoms with Crippen LogP contribution in [0.15, 0.2) is 73.6 Å². The lowest BCUT2D eigenvalue weighted by atomic mass is 10.0. The Hall–Kier alpha value is -6.95. The number of nitrogens with zero attached hydrogens (tertiary/aromatic N) is 9. The van der Waals surface area contributed by atoms with E-state index in [9.17, 15) is 14.4 Å². The molecule has 8 heterocycles. The van der Waals surface area contributed by atoms with Gasteiger partial charge in [0.05, 0.1) is 23.7 Å². The van der Waals surface area contributed by atoms with Gasteiger partial charge >= 0.3 is 6.09 Å². The highest BCUT2D eigenvalue weighted by molar-refractivity contribution is 5.89. The van der Waals surface area contributed by atoms with E-state index in [-0.39, 0.29) is 42.0 Å². The monoisotopic (exact) mass is 993 g/mol. The Bertz CT molecular complexity index is 2960. The summed E-state index contributed by atoms with van der Waals surface area (Å²) >= 11 is 0. The number of imidazole rings is 2. The molecular formula is C55H68N12O6. The molecule has 2 aromatic carbocycles. The highest BCUT2D eigenvalue weighted by Crippen LogP contribution is 2.43. The number of carbonyl (C=O) groups excluding carboxylic acids is 3. The van der Waals surface area contributed by atoms with Crippen molar-refractivity contribution in [2.75, 3.05) is 75.2 Å². The maximum atomic E-state index is 12.4. The standard InChI is InChI=1S/C30H38N6O4.C25H30N6O2/c1-19(22-15-27(37)32-17-22)39-25-14-21(13-24-28(25)36(18-33-24)23-6-7-23)20-5-8-26(31-16-20)34-9-11-35(12-10-34)29(38)40-30(2,3)4;1-16(19-12-24(32)28-14-19)33-22-11-18(10-21-25(22)31(15-29-21)20-3-4-20)17-2-5-23(27-13-17)30-8-6-26-7-9-30/h5,8,13-14,16,18-19,22-23H,6-7,9-12,15,17H2,1-4H3,(H,32,37);2,5,10-11,13,15-16,19-20,26H,3-4,6-9,12,14H2,1H3,(H,28,32)/t19-,22-;16-,19-/m11/s1. The van der Waals surface area contributed by atoms with Crippen molar-refractivity contribution in [2.24, 2.45) is 11.8 Å². The van der Waals surface area contributed by atoms with E-state index >= 15 is 0 Å². The molecule has 4 saturated heterocycles. The molecule has 0 spiro atoms. The van der Waals surface area contributed by atoms with Crippen LogP contribution in [0.2, 0.25) is 0 Å². The fourth-order valence-corrected chi connectivity index (χ4v) is 10.4. The maximum Gasteiger partial charge on any atom is 0.410 e. The van der Waals surface area contributed by atoms with Crippen LogP contribution in [0.25, 0.3) is 44.3 Å². The van der Waals surface area contributed by atoms with Gasteiger partial charge in [0.1, 0.15) is 52.0 Å². The Morgan fingerprint density at radius 1 is 0.616 bits per heavy atom. The SMILES string of the molecule is C[C@@H](Oc1cc(-c2ccc(N3CCN(C(=O)OC(C)(C)C)CC3)nc2)cc2ncn(C3CC3)c12)[C@H]1CNC(=O)C1.C[C@@H](Oc1cc(-c2ccc(N3CCNCC3)nc2)cc2ncn(C3CC3)c12)[C@H]1CNC(=O)C1. The topological polar surface area (TPSA) is 186 Å². The molecule has 0 radical (unpaired) electrons. The fourth-order valence-electron chi connectivity index (χ4n) is 10.4. The molecule has 6 fully saturated rings. The first-order chi connectivity index (χ1) is 35.3. The summed E-state index contributed by atoms with van der Waals surface area (Å²) in [5.74, 6) is 4.04. The third kappa shape index (κ3) is 10.9. The van der Waals surface area contributed by atoms with Crippen LogP contribution < -0.4 is 35.2 Å². The molecule has 6 aliphatic rings. The van der Waals surface area contributed by atoms with Gasteiger partial charge in [-0.15, -0.1) is 0 Å². The number of carbonyl (C=O) groups is 3. The highest BCUT2D eigenvalue weighted by Gasteiger charge is 2.33. The molecule has 4 atom stereocenters. The van der Waals surface area contributed by atoms with E-state index in [1.807, 2.05) is 58.8 Å². The number of hydrogen-bond acceptors (Lipinski definition) is 13. The summed E-state index contributed by atoms with van der Waals surface area (Å²) in [6.07, 6.45) is 12.9. The van der Waals surface area contributed by atoms with Gasteiger partial charge in [0.2, 0.25) is 11.8 Å². The van der Waals surface area contributed by atoms with Crippen LogP contribution >= 0.6 is 0 Å². The molecule has 73 heavy (non-hydrogen) atoms. The molecule has 2 saturated carbocycles. The van der Waals surface area contributed by atoms with Gasteiger partial charge in [-0.05, 0) is 120 Å². The van der Waals surface area contributed by atoms with E-state index in [0.717, 1.165) is 106 Å². The first-order valence-corrected chi connectivity index (χ1v) is 26.3. The highest BCUT2D eigenvalue weighted by atomic mass is 16.6. The Labute approximate surface area is 426 Å². The number of anilines is 2. The Morgan fingerprint density at radius 3 is 1.48 bits per heavy atom. The van der Waals surface area contributed by atoms with Crippen LogP contribution in [-0.2, 0) is 14.3 Å². The smallest absolute Gasteiger partial charge is 0.410 e. The summed E-state index contributed by atoms with van der Waals surface area (Å²) in [4.78, 5) is 61.2. The predicted molar refractivity (Wildman–Crippen MR) is 280 cm³/mol. The molecule has 3 amide bonds. The lowest BCUT2D eigenvalue weighted by molar-refractivity contribution is -0.120. The van der Waals surface area contributed by atoms with E-state index < -0.39 is 5.60 Å². The summed E-state index contributed by atoms with van der Waals surface area (Å²) in [5.41, 5.74) is 7.47. The first-order valence-electron chi connectivity index (χ1n) is 26.3. The minimum atomic E-state index is -0.500. The van der Waals surface area contributed by atoms with Crippen LogP contribution in [0.4, 0.5) is 16.4 Å². The number of pyridine rings is 2. The third-order valence-electron chi connectivity index (χ3n) is 15.0. The summed E-state index contributed by atoms with van der Waals surface area (Å²) < 4.78 is 23.1. The molecule has 4 aromatic heterocycles. The quantitative estimate of drug-likeness (QED) is 0.113. The number of hydrogen-bond donors (Lipinski definition) is 3. The molecule has 18 nitrogen and oxygen atoms in total. The van der Waals surface area contributed by atoms with Crippen molar-refractivity contribution in [1.82, 2.24) is 49.9 Å². The van der Waals surface area contributed by atoms with Crippen molar-refractivity contribution in [3.8, 4) is 33.8 Å². The number of fused-ring (bicyclic) bond motifs is 2. The molecular weight excluding hydrogens is 925 g/mol. The first kappa shape index (κ1) is 48.3. The van der Waals surface area contributed by atoms with Crippen LogP contribution in [0.3, 0.4) is 0 Å². The van der Waals surface area contributed by atoms with Crippen molar-refractivity contribution >= 4 is 51.6 Å². The van der Waals surface area contributed by atoms with Crippen molar-refractivity contribution in [2.45, 2.75) is 103 Å². The van der Waals surface area contributed by atoms with E-state index in [1.165, 1.54) is 12.8 Å². The lowest BCUT2D eigenvalue weighted by Crippen LogP contribution is -2.50. The molecule has 12 rings (SSSR count). The van der Waals surface area contributed by atoms with Crippen molar-refractivity contribution in [1.29, 1.82) is 0 Å². The molecule has 0 unspecified atom stereocenters. The van der Waals surface area contributed by atoms with Gasteiger partial charge < -0.3 is 54.0 Å². The number of benzene rings is 2. The van der Waals surface area contributed by atoms with Gasteiger partial charge in [0.15, 0.2) is 0 Å². The average Bonchev–Trinajstić information content (AvgIpc) is 4.22. The molecule has 6 aromatic rings. The zero-order chi connectivity index (χ0) is 50.4. The summed E-state index contributed by atoms with van der Waals surface area (Å²) in [5, 5.41) is 9.23. The molecule has 18 heteroatoms. The van der Waals surface area contributed by atoms with Crippen LogP contribution in [0, 0.1) is 11.8 Å². The van der Waals surface area contributed by atoms with Gasteiger partial charge in [0, 0.05) is 126 Å². The average molecular weight is 993 g/mol. The Morgan fingerprint density at radius 2 is 1.08 bits per heavy atom. The number of amides is 3. The second-order valence-corrected chi connectivity index (χ2v) is 21.6. The van der Waals surface area contributed by atoms with Crippen LogP contribution in [-0.4, -0.2) is 135 Å². The largest absolute Gasteiger partial charge is 0.488 e. The van der Waals surface area contributed by atoms with E-state index in [1.54, 1.807) is 4.90 Å². The molecule has 384 valence electrons. The normalized spacial score (nSPS) is 21.1. The maximum absolute atomic E-state index is 12.4.